The molecule has 174 valence electrons. The van der Waals surface area contributed by atoms with Gasteiger partial charge in [0.05, 0.1) is 35.5 Å². The zero-order valence-corrected chi connectivity index (χ0v) is 19.4. The van der Waals surface area contributed by atoms with Crippen molar-refractivity contribution in [1.29, 1.82) is 5.26 Å². The van der Waals surface area contributed by atoms with E-state index in [0.717, 1.165) is 0 Å². The first-order valence-electron chi connectivity index (χ1n) is 10.3. The zero-order chi connectivity index (χ0) is 24.2. The Morgan fingerprint density at radius 1 is 1.18 bits per heavy atom. The van der Waals surface area contributed by atoms with Crippen LogP contribution in [0, 0.1) is 11.3 Å². The Bertz CT molecular complexity index is 1250. The number of nitrogens with one attached hydrogen (secondary N) is 2. The summed E-state index contributed by atoms with van der Waals surface area (Å²) in [4.78, 5) is -0.231. The monoisotopic (exact) mass is 469 g/mol. The maximum Gasteiger partial charge on any atom is 0.242 e. The summed E-state index contributed by atoms with van der Waals surface area (Å²) >= 11 is 0. The number of aryl methyl sites for hydroxylation is 1. The van der Waals surface area contributed by atoms with Crippen LogP contribution in [0.25, 0.3) is 0 Å². The molecule has 0 aliphatic carbocycles. The SMILES string of the molecule is Cn1nccc1C(CO)Nc1ccc(C#N)c(S(=O)(=O)NC(C)(C)C(O)c2ccccc2)c1. The number of aliphatic hydroxyl groups is 2. The number of aliphatic hydroxyl groups excluding tert-OH is 2. The van der Waals surface area contributed by atoms with E-state index in [-0.39, 0.29) is 17.1 Å². The summed E-state index contributed by atoms with van der Waals surface area (Å²) in [6, 6.07) is 16.1. The van der Waals surface area contributed by atoms with Crippen molar-refractivity contribution in [2.45, 2.75) is 36.4 Å². The summed E-state index contributed by atoms with van der Waals surface area (Å²) in [7, 11) is -2.46. The number of aromatic nitrogens is 2. The molecule has 0 aliphatic rings. The first-order valence-corrected chi connectivity index (χ1v) is 11.7. The third-order valence-electron chi connectivity index (χ3n) is 5.33. The Kier molecular flexibility index (Phi) is 7.19. The van der Waals surface area contributed by atoms with Crippen LogP contribution in [0.3, 0.4) is 0 Å². The molecule has 9 nitrogen and oxygen atoms in total. The number of sulfonamides is 1. The summed E-state index contributed by atoms with van der Waals surface area (Å²) < 4.78 is 30.7. The maximum atomic E-state index is 13.3. The van der Waals surface area contributed by atoms with Crippen LogP contribution in [0.2, 0.25) is 0 Å². The summed E-state index contributed by atoms with van der Waals surface area (Å²) in [6.45, 7) is 2.89. The van der Waals surface area contributed by atoms with Crippen LogP contribution in [0.5, 0.6) is 0 Å². The van der Waals surface area contributed by atoms with Crippen molar-refractivity contribution in [3.63, 3.8) is 0 Å². The molecule has 33 heavy (non-hydrogen) atoms. The van der Waals surface area contributed by atoms with Crippen LogP contribution in [-0.2, 0) is 17.1 Å². The van der Waals surface area contributed by atoms with Gasteiger partial charge in [-0.15, -0.1) is 0 Å². The number of anilines is 1. The van der Waals surface area contributed by atoms with Gasteiger partial charge in [0.2, 0.25) is 10.0 Å². The number of benzene rings is 2. The van der Waals surface area contributed by atoms with E-state index in [0.29, 0.717) is 16.9 Å². The minimum atomic E-state index is -4.19. The molecule has 3 aromatic rings. The van der Waals surface area contributed by atoms with Crippen molar-refractivity contribution in [2.75, 3.05) is 11.9 Å². The van der Waals surface area contributed by atoms with Gasteiger partial charge in [-0.25, -0.2) is 13.1 Å². The van der Waals surface area contributed by atoms with Gasteiger partial charge in [0, 0.05) is 18.9 Å². The average molecular weight is 470 g/mol. The smallest absolute Gasteiger partial charge is 0.242 e. The van der Waals surface area contributed by atoms with Crippen LogP contribution in [0.15, 0.2) is 65.7 Å². The molecule has 0 fully saturated rings. The van der Waals surface area contributed by atoms with E-state index < -0.39 is 27.7 Å². The normalized spacial score (nSPS) is 13.8. The molecule has 10 heteroatoms. The predicted molar refractivity (Wildman–Crippen MR) is 124 cm³/mol. The fraction of sp³-hybridized carbons (Fsp3) is 0.304. The molecule has 0 amide bonds. The molecule has 2 aromatic carbocycles. The molecule has 1 heterocycles. The molecule has 3 rings (SSSR count). The van der Waals surface area contributed by atoms with E-state index in [1.165, 1.54) is 12.1 Å². The second kappa shape index (κ2) is 9.72. The summed E-state index contributed by atoms with van der Waals surface area (Å²) in [5, 5.41) is 37.3. The molecule has 4 N–H and O–H groups in total. The van der Waals surface area contributed by atoms with Gasteiger partial charge in [0.25, 0.3) is 0 Å². The second-order valence-corrected chi connectivity index (χ2v) is 9.87. The summed E-state index contributed by atoms with van der Waals surface area (Å²) in [5.74, 6) is 0. The van der Waals surface area contributed by atoms with E-state index in [2.05, 4.69) is 15.1 Å². The summed E-state index contributed by atoms with van der Waals surface area (Å²) in [5.41, 5.74) is 0.355. The average Bonchev–Trinajstić information content (AvgIpc) is 3.22. The van der Waals surface area contributed by atoms with Crippen LogP contribution < -0.4 is 10.0 Å². The van der Waals surface area contributed by atoms with Crippen molar-refractivity contribution >= 4 is 15.7 Å². The number of nitriles is 1. The van der Waals surface area contributed by atoms with E-state index in [4.69, 9.17) is 0 Å². The lowest BCUT2D eigenvalue weighted by Crippen LogP contribution is -2.48. The van der Waals surface area contributed by atoms with Crippen molar-refractivity contribution < 1.29 is 18.6 Å². The minimum Gasteiger partial charge on any atom is -0.394 e. The van der Waals surface area contributed by atoms with Gasteiger partial charge in [0.1, 0.15) is 11.0 Å². The van der Waals surface area contributed by atoms with Gasteiger partial charge in [-0.05, 0) is 43.7 Å². The fourth-order valence-corrected chi connectivity index (χ4v) is 5.18. The molecule has 0 spiro atoms. The van der Waals surface area contributed by atoms with Gasteiger partial charge in [0.15, 0.2) is 0 Å². The quantitative estimate of drug-likeness (QED) is 0.377. The molecule has 0 saturated heterocycles. The number of hydrogen-bond donors (Lipinski definition) is 4. The molecule has 0 aliphatic heterocycles. The minimum absolute atomic E-state index is 0.0425. The Hall–Kier alpha value is -3.23. The lowest BCUT2D eigenvalue weighted by molar-refractivity contribution is 0.0945. The van der Waals surface area contributed by atoms with Crippen molar-refractivity contribution in [3.8, 4) is 6.07 Å². The van der Waals surface area contributed by atoms with Crippen molar-refractivity contribution in [3.05, 3.63) is 77.6 Å². The highest BCUT2D eigenvalue weighted by Crippen LogP contribution is 2.29. The topological polar surface area (TPSA) is 140 Å². The van der Waals surface area contributed by atoms with Crippen molar-refractivity contribution in [2.24, 2.45) is 7.05 Å². The lowest BCUT2D eigenvalue weighted by Gasteiger charge is -2.31. The molecule has 2 unspecified atom stereocenters. The fourth-order valence-electron chi connectivity index (χ4n) is 3.58. The second-order valence-electron chi connectivity index (χ2n) is 8.22. The van der Waals surface area contributed by atoms with Gasteiger partial charge in [-0.1, -0.05) is 30.3 Å². The Balaban J connectivity index is 1.92. The third kappa shape index (κ3) is 5.40. The van der Waals surface area contributed by atoms with Crippen molar-refractivity contribution in [1.82, 2.24) is 14.5 Å². The predicted octanol–water partition coefficient (Wildman–Crippen LogP) is 2.23. The molecule has 0 bridgehead atoms. The van der Waals surface area contributed by atoms with Crippen LogP contribution >= 0.6 is 0 Å². The Morgan fingerprint density at radius 2 is 1.88 bits per heavy atom. The van der Waals surface area contributed by atoms with E-state index in [1.54, 1.807) is 74.2 Å². The number of hydrogen-bond acceptors (Lipinski definition) is 7. The first kappa shape index (κ1) is 24.4. The van der Waals surface area contributed by atoms with E-state index in [9.17, 15) is 23.9 Å². The van der Waals surface area contributed by atoms with E-state index >= 15 is 0 Å². The van der Waals surface area contributed by atoms with Gasteiger partial charge in [-0.2, -0.15) is 10.4 Å². The van der Waals surface area contributed by atoms with Crippen LogP contribution in [0.1, 0.15) is 42.8 Å². The Labute approximate surface area is 193 Å². The molecule has 0 radical (unpaired) electrons. The Morgan fingerprint density at radius 3 is 2.45 bits per heavy atom. The molecular weight excluding hydrogens is 442 g/mol. The molecule has 1 aromatic heterocycles. The highest BCUT2D eigenvalue weighted by molar-refractivity contribution is 7.89. The third-order valence-corrected chi connectivity index (χ3v) is 7.04. The number of rotatable bonds is 9. The standard InChI is InChI=1S/C23H27N5O4S/c1-23(2,22(30)16-7-5-4-6-8-16)27-33(31,32)21-13-18(10-9-17(21)14-24)26-19(15-29)20-11-12-25-28(20)3/h4-13,19,22,26-27,29-30H,15H2,1-3H3. The lowest BCUT2D eigenvalue weighted by atomic mass is 9.92. The summed E-state index contributed by atoms with van der Waals surface area (Å²) in [6.07, 6.45) is 0.474. The van der Waals surface area contributed by atoms with Gasteiger partial charge < -0.3 is 15.5 Å². The number of nitrogens with zero attached hydrogens (tertiary/aromatic N) is 3. The van der Waals surface area contributed by atoms with Gasteiger partial charge in [-0.3, -0.25) is 4.68 Å². The molecular formula is C23H27N5O4S. The van der Waals surface area contributed by atoms with E-state index in [1.807, 2.05) is 6.07 Å². The largest absolute Gasteiger partial charge is 0.394 e. The van der Waals surface area contributed by atoms with Gasteiger partial charge >= 0.3 is 0 Å². The highest BCUT2D eigenvalue weighted by Gasteiger charge is 2.35. The molecule has 0 saturated carbocycles. The molecule has 2 atom stereocenters. The zero-order valence-electron chi connectivity index (χ0n) is 18.6. The van der Waals surface area contributed by atoms with Crippen LogP contribution in [0.4, 0.5) is 5.69 Å². The van der Waals surface area contributed by atoms with Crippen LogP contribution in [-0.4, -0.2) is 40.6 Å². The maximum absolute atomic E-state index is 13.3. The highest BCUT2D eigenvalue weighted by atomic mass is 32.2. The first-order chi connectivity index (χ1) is 15.6.